The van der Waals surface area contributed by atoms with E-state index >= 15 is 0 Å². The maximum atomic E-state index is 12.4. The summed E-state index contributed by atoms with van der Waals surface area (Å²) in [6.07, 6.45) is 21.5. The maximum absolute atomic E-state index is 12.4. The van der Waals surface area contributed by atoms with Crippen molar-refractivity contribution in [2.75, 3.05) is 12.0 Å². The van der Waals surface area contributed by atoms with E-state index in [1.54, 1.807) is 6.26 Å². The fraction of sp³-hybridized carbons (Fsp3) is 0.783. The number of nitrogen functional groups attached to an aromatic ring is 1. The van der Waals surface area contributed by atoms with Crippen LogP contribution in [0, 0.1) is 0 Å². The number of carbonyl (C=O) groups is 2. The van der Waals surface area contributed by atoms with E-state index in [0.29, 0.717) is 11.4 Å². The summed E-state index contributed by atoms with van der Waals surface area (Å²) in [5.41, 5.74) is 11.4. The van der Waals surface area contributed by atoms with Crippen molar-refractivity contribution in [2.45, 2.75) is 115 Å². The molecule has 0 saturated heterocycles. The number of primary amides is 1. The minimum absolute atomic E-state index is 0.0535. The quantitative estimate of drug-likeness (QED) is 0.210. The van der Waals surface area contributed by atoms with Crippen LogP contribution in [0.3, 0.4) is 0 Å². The normalized spacial score (nSPS) is 11.1. The van der Waals surface area contributed by atoms with E-state index in [2.05, 4.69) is 12.0 Å². The molecule has 6 nitrogen and oxygen atoms in total. The van der Waals surface area contributed by atoms with Crippen LogP contribution in [0.2, 0.25) is 0 Å². The number of hydrogen-bond donors (Lipinski definition) is 2. The number of anilines is 1. The van der Waals surface area contributed by atoms with Crippen LogP contribution in [-0.2, 0) is 0 Å². The molecule has 0 aliphatic carbocycles. The summed E-state index contributed by atoms with van der Waals surface area (Å²) in [4.78, 5) is 23.9. The van der Waals surface area contributed by atoms with Gasteiger partial charge in [-0.15, -0.1) is 11.8 Å². The van der Waals surface area contributed by atoms with E-state index in [9.17, 15) is 9.59 Å². The summed E-state index contributed by atoms with van der Waals surface area (Å²) < 4.78 is 1.13. The van der Waals surface area contributed by atoms with Crippen LogP contribution in [0.4, 0.5) is 5.82 Å². The van der Waals surface area contributed by atoms with Gasteiger partial charge in [0.1, 0.15) is 16.4 Å². The smallest absolute Gasteiger partial charge is 0.255 e. The van der Waals surface area contributed by atoms with E-state index in [-0.39, 0.29) is 17.3 Å². The van der Waals surface area contributed by atoms with E-state index in [0.717, 1.165) is 23.9 Å². The van der Waals surface area contributed by atoms with E-state index < -0.39 is 5.91 Å². The van der Waals surface area contributed by atoms with Crippen molar-refractivity contribution < 1.29 is 9.59 Å². The van der Waals surface area contributed by atoms with Gasteiger partial charge in [0.15, 0.2) is 0 Å². The molecule has 0 aliphatic heterocycles. The topological polar surface area (TPSA) is 104 Å². The van der Waals surface area contributed by atoms with Crippen LogP contribution in [-0.4, -0.2) is 27.9 Å². The molecule has 0 spiro atoms. The van der Waals surface area contributed by atoms with Crippen molar-refractivity contribution >= 4 is 29.4 Å². The van der Waals surface area contributed by atoms with Crippen molar-refractivity contribution in [1.29, 1.82) is 0 Å². The second kappa shape index (κ2) is 16.2. The highest BCUT2D eigenvalue weighted by Crippen LogP contribution is 2.24. The van der Waals surface area contributed by atoms with E-state index in [4.69, 9.17) is 11.5 Å². The fourth-order valence-electron chi connectivity index (χ4n) is 3.73. The molecular formula is C23H42N4O2S. The lowest BCUT2D eigenvalue weighted by Gasteiger charge is -2.04. The van der Waals surface area contributed by atoms with Crippen molar-refractivity contribution in [3.8, 4) is 0 Å². The number of aromatic nitrogens is 2. The average molecular weight is 439 g/mol. The van der Waals surface area contributed by atoms with Crippen molar-refractivity contribution in [2.24, 2.45) is 5.73 Å². The standard InChI is InChI=1S/C23H42N4O2S/c1-3-4-5-6-7-8-9-10-11-12-13-14-15-16-17-18-19(28)27-21(24)20(22(25)29)23(26-27)30-2/h3-18,24H2,1-2H3,(H2,25,29). The molecule has 0 bridgehead atoms. The third kappa shape index (κ3) is 10.0. The van der Waals surface area contributed by atoms with Crippen LogP contribution in [0.5, 0.6) is 0 Å². The van der Waals surface area contributed by atoms with Gasteiger partial charge in [0.25, 0.3) is 5.91 Å². The SMILES string of the molecule is CCCCCCCCCCCCCCCCCC(=O)n1nc(SC)c(C(N)=O)c1N. The zero-order valence-corrected chi connectivity index (χ0v) is 19.9. The fourth-order valence-corrected chi connectivity index (χ4v) is 4.30. The van der Waals surface area contributed by atoms with Gasteiger partial charge in [-0.1, -0.05) is 96.8 Å². The number of nitrogens with two attached hydrogens (primary N) is 2. The highest BCUT2D eigenvalue weighted by molar-refractivity contribution is 7.98. The Bertz CT molecular complexity index is 631. The Morgan fingerprint density at radius 3 is 1.63 bits per heavy atom. The van der Waals surface area contributed by atoms with Crippen LogP contribution >= 0.6 is 11.8 Å². The second-order valence-corrected chi connectivity index (χ2v) is 8.93. The molecule has 0 aliphatic rings. The molecular weight excluding hydrogens is 396 g/mol. The molecule has 1 aromatic rings. The third-order valence-electron chi connectivity index (χ3n) is 5.56. The Balaban J connectivity index is 2.04. The summed E-state index contributed by atoms with van der Waals surface area (Å²) in [6, 6.07) is 0. The number of unbranched alkanes of at least 4 members (excludes halogenated alkanes) is 14. The summed E-state index contributed by atoms with van der Waals surface area (Å²) in [7, 11) is 0. The molecule has 0 saturated carbocycles. The first-order valence-electron chi connectivity index (χ1n) is 11.8. The summed E-state index contributed by atoms with van der Waals surface area (Å²) in [5.74, 6) is -0.773. The van der Waals surface area contributed by atoms with Crippen LogP contribution in [0.15, 0.2) is 5.03 Å². The summed E-state index contributed by atoms with van der Waals surface area (Å²) in [6.45, 7) is 2.26. The monoisotopic (exact) mass is 438 g/mol. The first kappa shape index (κ1) is 26.5. The maximum Gasteiger partial charge on any atom is 0.255 e. The van der Waals surface area contributed by atoms with Crippen LogP contribution in [0.1, 0.15) is 125 Å². The van der Waals surface area contributed by atoms with E-state index in [1.165, 1.54) is 88.8 Å². The molecule has 7 heteroatoms. The highest BCUT2D eigenvalue weighted by Gasteiger charge is 2.22. The third-order valence-corrected chi connectivity index (χ3v) is 6.23. The molecule has 1 amide bonds. The number of nitrogens with zero attached hydrogens (tertiary/aromatic N) is 2. The number of rotatable bonds is 18. The minimum atomic E-state index is -0.650. The highest BCUT2D eigenvalue weighted by atomic mass is 32.2. The molecule has 1 aromatic heterocycles. The Morgan fingerprint density at radius 2 is 1.27 bits per heavy atom. The molecule has 0 aromatic carbocycles. The van der Waals surface area contributed by atoms with Gasteiger partial charge in [-0.2, -0.15) is 9.78 Å². The Labute approximate surface area is 186 Å². The second-order valence-electron chi connectivity index (χ2n) is 8.14. The van der Waals surface area contributed by atoms with Crippen LogP contribution in [0.25, 0.3) is 0 Å². The molecule has 1 rings (SSSR count). The lowest BCUT2D eigenvalue weighted by atomic mass is 10.0. The van der Waals surface area contributed by atoms with Gasteiger partial charge in [-0.05, 0) is 12.7 Å². The number of hydrogen-bond acceptors (Lipinski definition) is 5. The van der Waals surface area contributed by atoms with Gasteiger partial charge < -0.3 is 11.5 Å². The van der Waals surface area contributed by atoms with Gasteiger partial charge in [0.05, 0.1) is 0 Å². The van der Waals surface area contributed by atoms with Crippen molar-refractivity contribution in [1.82, 2.24) is 9.78 Å². The molecule has 0 radical (unpaired) electrons. The van der Waals surface area contributed by atoms with E-state index in [1.807, 2.05) is 0 Å². The number of amides is 1. The summed E-state index contributed by atoms with van der Waals surface area (Å²) in [5, 5.41) is 4.55. The van der Waals surface area contributed by atoms with Gasteiger partial charge >= 0.3 is 0 Å². The van der Waals surface area contributed by atoms with Gasteiger partial charge in [0.2, 0.25) is 5.91 Å². The Morgan fingerprint density at radius 1 is 0.833 bits per heavy atom. The van der Waals surface area contributed by atoms with Crippen molar-refractivity contribution in [3.63, 3.8) is 0 Å². The first-order chi connectivity index (χ1) is 14.5. The number of thioether (sulfide) groups is 1. The lowest BCUT2D eigenvalue weighted by Crippen LogP contribution is -2.17. The van der Waals surface area contributed by atoms with Gasteiger partial charge in [-0.25, -0.2) is 0 Å². The first-order valence-corrected chi connectivity index (χ1v) is 13.0. The molecule has 0 atom stereocenters. The van der Waals surface area contributed by atoms with Gasteiger partial charge in [-0.3, -0.25) is 9.59 Å². The molecule has 0 unspecified atom stereocenters. The minimum Gasteiger partial charge on any atom is -0.383 e. The van der Waals surface area contributed by atoms with Gasteiger partial charge in [0, 0.05) is 6.42 Å². The van der Waals surface area contributed by atoms with Crippen molar-refractivity contribution in [3.05, 3.63) is 5.56 Å². The predicted molar refractivity (Wildman–Crippen MR) is 127 cm³/mol. The molecule has 0 fully saturated rings. The zero-order valence-electron chi connectivity index (χ0n) is 19.1. The Kier molecular flexibility index (Phi) is 14.4. The zero-order chi connectivity index (χ0) is 22.2. The summed E-state index contributed by atoms with van der Waals surface area (Å²) >= 11 is 1.26. The molecule has 1 heterocycles. The number of carbonyl (C=O) groups excluding carboxylic acids is 2. The van der Waals surface area contributed by atoms with Crippen LogP contribution < -0.4 is 11.5 Å². The molecule has 30 heavy (non-hydrogen) atoms. The molecule has 4 N–H and O–H groups in total. The average Bonchev–Trinajstić information content (AvgIpc) is 3.07. The largest absolute Gasteiger partial charge is 0.383 e. The Hall–Kier alpha value is -1.50. The molecule has 172 valence electrons. The predicted octanol–water partition coefficient (Wildman–Crippen LogP) is 6.19. The lowest BCUT2D eigenvalue weighted by molar-refractivity contribution is 0.0884.